The van der Waals surface area contributed by atoms with Crippen LogP contribution in [0.4, 0.5) is 0 Å². The Morgan fingerprint density at radius 1 is 1.00 bits per heavy atom. The predicted molar refractivity (Wildman–Crippen MR) is 92.1 cm³/mol. The van der Waals surface area contributed by atoms with Crippen LogP contribution in [-0.2, 0) is 0 Å². The van der Waals surface area contributed by atoms with E-state index in [2.05, 4.69) is 31.9 Å². The van der Waals surface area contributed by atoms with Crippen LogP contribution in [0.15, 0.2) is 51.4 Å². The first-order valence-corrected chi connectivity index (χ1v) is 8.51. The molecule has 1 aromatic heterocycles. The molecule has 0 saturated carbocycles. The Labute approximate surface area is 141 Å². The fourth-order valence-electron chi connectivity index (χ4n) is 1.96. The van der Waals surface area contributed by atoms with Crippen molar-refractivity contribution in [2.45, 2.75) is 0 Å². The summed E-state index contributed by atoms with van der Waals surface area (Å²) in [6.45, 7) is 0. The second-order valence-corrected chi connectivity index (χ2v) is 7.69. The summed E-state index contributed by atoms with van der Waals surface area (Å²) in [4.78, 5) is 13.1. The molecule has 0 aliphatic carbocycles. The van der Waals surface area contributed by atoms with Gasteiger partial charge in [0.15, 0.2) is 0 Å². The highest BCUT2D eigenvalue weighted by atomic mass is 79.9. The number of halogens is 3. The molecule has 20 heavy (non-hydrogen) atoms. The minimum atomic E-state index is -0.00702. The molecule has 3 aromatic rings. The van der Waals surface area contributed by atoms with Gasteiger partial charge in [0, 0.05) is 14.5 Å². The van der Waals surface area contributed by atoms with Crippen LogP contribution in [0.1, 0.15) is 15.2 Å². The Morgan fingerprint density at radius 2 is 1.70 bits per heavy atom. The second kappa shape index (κ2) is 5.60. The summed E-state index contributed by atoms with van der Waals surface area (Å²) in [7, 11) is 0. The average molecular weight is 431 g/mol. The minimum Gasteiger partial charge on any atom is -0.288 e. The maximum Gasteiger partial charge on any atom is 0.203 e. The van der Waals surface area contributed by atoms with Crippen molar-refractivity contribution in [1.29, 1.82) is 0 Å². The number of thiophene rings is 1. The predicted octanol–water partition coefficient (Wildman–Crippen LogP) is 6.31. The molecule has 0 atom stereocenters. The van der Waals surface area contributed by atoms with Crippen molar-refractivity contribution in [2.24, 2.45) is 0 Å². The Balaban J connectivity index is 2.05. The molecule has 5 heteroatoms. The van der Waals surface area contributed by atoms with Gasteiger partial charge < -0.3 is 0 Å². The molecule has 1 heterocycles. The maximum atomic E-state index is 12.4. The summed E-state index contributed by atoms with van der Waals surface area (Å²) in [5.74, 6) is -0.00702. The molecule has 0 aliphatic heterocycles. The number of rotatable bonds is 2. The molecule has 0 saturated heterocycles. The van der Waals surface area contributed by atoms with E-state index >= 15 is 0 Å². The summed E-state index contributed by atoms with van der Waals surface area (Å²) < 4.78 is 2.38. The van der Waals surface area contributed by atoms with E-state index in [1.165, 1.54) is 11.3 Å². The third-order valence-corrected chi connectivity index (χ3v) is 5.90. The molecule has 1 nitrogen and oxygen atoms in total. The fraction of sp³-hybridized carbons (Fsp3) is 0. The van der Waals surface area contributed by atoms with Gasteiger partial charge in [0.05, 0.1) is 4.88 Å². The van der Waals surface area contributed by atoms with Crippen LogP contribution in [0.2, 0.25) is 4.34 Å². The normalized spacial score (nSPS) is 10.9. The van der Waals surface area contributed by atoms with Gasteiger partial charge in [-0.2, -0.15) is 0 Å². The summed E-state index contributed by atoms with van der Waals surface area (Å²) in [6.07, 6.45) is 0. The van der Waals surface area contributed by atoms with Crippen LogP contribution < -0.4 is 0 Å². The zero-order valence-electron chi connectivity index (χ0n) is 9.99. The van der Waals surface area contributed by atoms with E-state index in [9.17, 15) is 4.79 Å². The molecule has 0 radical (unpaired) electrons. The molecule has 0 bridgehead atoms. The number of ketones is 1. The van der Waals surface area contributed by atoms with E-state index in [-0.39, 0.29) is 5.78 Å². The van der Waals surface area contributed by atoms with E-state index in [0.717, 1.165) is 19.7 Å². The summed E-state index contributed by atoms with van der Waals surface area (Å²) in [5, 5.41) is 2.14. The molecular formula is C15H7Br2ClOS. The number of carbonyl (C=O) groups excluding carboxylic acids is 1. The lowest BCUT2D eigenvalue weighted by atomic mass is 10.0. The molecule has 0 amide bonds. The maximum absolute atomic E-state index is 12.4. The Morgan fingerprint density at radius 3 is 2.40 bits per heavy atom. The molecular weight excluding hydrogens is 423 g/mol. The van der Waals surface area contributed by atoms with Gasteiger partial charge in [0.25, 0.3) is 0 Å². The lowest BCUT2D eigenvalue weighted by Crippen LogP contribution is -1.98. The summed E-state index contributed by atoms with van der Waals surface area (Å²) in [5.41, 5.74) is 0.672. The first-order valence-electron chi connectivity index (χ1n) is 5.73. The number of hydrogen-bond acceptors (Lipinski definition) is 2. The van der Waals surface area contributed by atoms with Crippen molar-refractivity contribution in [3.63, 3.8) is 0 Å². The zero-order chi connectivity index (χ0) is 14.3. The SMILES string of the molecule is O=C(c1ccc2cc(Br)ccc2c1)c1cc(Br)c(Cl)s1. The molecule has 100 valence electrons. The van der Waals surface area contributed by atoms with Crippen molar-refractivity contribution in [3.05, 3.63) is 66.2 Å². The molecule has 0 fully saturated rings. The lowest BCUT2D eigenvalue weighted by molar-refractivity contribution is 0.104. The van der Waals surface area contributed by atoms with Crippen molar-refractivity contribution < 1.29 is 4.79 Å². The van der Waals surface area contributed by atoms with Gasteiger partial charge in [-0.05, 0) is 51.0 Å². The van der Waals surface area contributed by atoms with Gasteiger partial charge in [-0.1, -0.05) is 45.7 Å². The molecule has 2 aromatic carbocycles. The monoisotopic (exact) mass is 428 g/mol. The van der Waals surface area contributed by atoms with Crippen LogP contribution in [0, 0.1) is 0 Å². The quantitative estimate of drug-likeness (QED) is 0.436. The third-order valence-electron chi connectivity index (χ3n) is 2.93. The van der Waals surface area contributed by atoms with Crippen LogP contribution in [0.3, 0.4) is 0 Å². The molecule has 0 unspecified atom stereocenters. The van der Waals surface area contributed by atoms with Gasteiger partial charge in [-0.3, -0.25) is 4.79 Å². The highest BCUT2D eigenvalue weighted by Gasteiger charge is 2.14. The molecule has 3 rings (SSSR count). The first-order chi connectivity index (χ1) is 9.54. The topological polar surface area (TPSA) is 17.1 Å². The highest BCUT2D eigenvalue weighted by molar-refractivity contribution is 9.10. The number of fused-ring (bicyclic) bond motifs is 1. The lowest BCUT2D eigenvalue weighted by Gasteiger charge is -2.02. The Hall–Kier alpha value is -0.680. The Kier molecular flexibility index (Phi) is 4.00. The number of hydrogen-bond donors (Lipinski definition) is 0. The third kappa shape index (κ3) is 2.70. The standard InChI is InChI=1S/C15H7Br2ClOS/c16-11-4-3-8-5-10(2-1-9(8)6-11)14(19)13-7-12(17)15(18)20-13/h1-7H. The van der Waals surface area contributed by atoms with Crippen molar-refractivity contribution >= 4 is 71.4 Å². The van der Waals surface area contributed by atoms with E-state index in [4.69, 9.17) is 11.6 Å². The molecule has 0 spiro atoms. The minimum absolute atomic E-state index is 0.00702. The highest BCUT2D eigenvalue weighted by Crippen LogP contribution is 2.33. The van der Waals surface area contributed by atoms with Crippen molar-refractivity contribution in [2.75, 3.05) is 0 Å². The zero-order valence-corrected chi connectivity index (χ0v) is 14.7. The smallest absolute Gasteiger partial charge is 0.203 e. The van der Waals surface area contributed by atoms with E-state index < -0.39 is 0 Å². The van der Waals surface area contributed by atoms with Gasteiger partial charge in [-0.15, -0.1) is 11.3 Å². The van der Waals surface area contributed by atoms with E-state index in [0.29, 0.717) is 14.8 Å². The number of carbonyl (C=O) groups is 1. The van der Waals surface area contributed by atoms with Crippen LogP contribution in [-0.4, -0.2) is 5.78 Å². The fourth-order valence-corrected chi connectivity index (χ4v) is 4.00. The first kappa shape index (κ1) is 14.3. The Bertz CT molecular complexity index is 806. The summed E-state index contributed by atoms with van der Waals surface area (Å²) in [6, 6.07) is 13.5. The van der Waals surface area contributed by atoms with Gasteiger partial charge >= 0.3 is 0 Å². The van der Waals surface area contributed by atoms with Gasteiger partial charge in [-0.25, -0.2) is 0 Å². The van der Waals surface area contributed by atoms with E-state index in [1.54, 1.807) is 6.07 Å². The summed E-state index contributed by atoms with van der Waals surface area (Å²) >= 11 is 14.0. The second-order valence-electron chi connectivity index (χ2n) is 4.27. The van der Waals surface area contributed by atoms with Crippen LogP contribution >= 0.6 is 54.8 Å². The van der Waals surface area contributed by atoms with Gasteiger partial charge in [0.1, 0.15) is 4.34 Å². The average Bonchev–Trinajstić information content (AvgIpc) is 2.77. The van der Waals surface area contributed by atoms with Crippen LogP contribution in [0.25, 0.3) is 10.8 Å². The number of benzene rings is 2. The van der Waals surface area contributed by atoms with Gasteiger partial charge in [0.2, 0.25) is 5.78 Å². The van der Waals surface area contributed by atoms with E-state index in [1.807, 2.05) is 36.4 Å². The molecule has 0 N–H and O–H groups in total. The largest absolute Gasteiger partial charge is 0.288 e. The molecule has 0 aliphatic rings. The van der Waals surface area contributed by atoms with Crippen LogP contribution in [0.5, 0.6) is 0 Å². The van der Waals surface area contributed by atoms with Crippen molar-refractivity contribution in [1.82, 2.24) is 0 Å². The van der Waals surface area contributed by atoms with Crippen molar-refractivity contribution in [3.8, 4) is 0 Å².